The lowest BCUT2D eigenvalue weighted by molar-refractivity contribution is -0.151. The maximum absolute atomic E-state index is 13.4. The normalized spacial score (nSPS) is 17.2. The van der Waals surface area contributed by atoms with Crippen molar-refractivity contribution in [2.45, 2.75) is 19.8 Å². The van der Waals surface area contributed by atoms with Crippen LogP contribution in [0.3, 0.4) is 0 Å². The van der Waals surface area contributed by atoms with Gasteiger partial charge in [0.25, 0.3) is 11.8 Å². The maximum atomic E-state index is 13.4. The smallest absolute Gasteiger partial charge is 0.325 e. The van der Waals surface area contributed by atoms with Gasteiger partial charge in [-0.25, -0.2) is 4.39 Å². The largest absolute Gasteiger partial charge is 0.454 e. The summed E-state index contributed by atoms with van der Waals surface area (Å²) in [5, 5.41) is 2.27. The fraction of sp³-hybridized carbons (Fsp3) is 0.471. The second-order valence-corrected chi connectivity index (χ2v) is 5.91. The monoisotopic (exact) mass is 336 g/mol. The number of nitrogens with zero attached hydrogens (tertiary/aromatic N) is 1. The first-order valence-electron chi connectivity index (χ1n) is 7.93. The molecule has 0 radical (unpaired) electrons. The van der Waals surface area contributed by atoms with Crippen molar-refractivity contribution in [2.75, 3.05) is 26.2 Å². The summed E-state index contributed by atoms with van der Waals surface area (Å²) in [5.41, 5.74) is -0.149. The van der Waals surface area contributed by atoms with Crippen LogP contribution in [-0.4, -0.2) is 48.9 Å². The number of amides is 2. The molecule has 130 valence electrons. The van der Waals surface area contributed by atoms with E-state index in [1.807, 2.05) is 0 Å². The summed E-state index contributed by atoms with van der Waals surface area (Å²) in [5.74, 6) is -1.91. The van der Waals surface area contributed by atoms with Gasteiger partial charge in [0.05, 0.1) is 5.56 Å². The number of carbonyl (C=O) groups excluding carboxylic acids is 3. The van der Waals surface area contributed by atoms with Crippen molar-refractivity contribution in [2.24, 2.45) is 5.92 Å². The van der Waals surface area contributed by atoms with E-state index in [9.17, 15) is 18.8 Å². The quantitative estimate of drug-likeness (QED) is 0.824. The second-order valence-electron chi connectivity index (χ2n) is 5.91. The van der Waals surface area contributed by atoms with Crippen molar-refractivity contribution in [1.82, 2.24) is 10.2 Å². The molecule has 1 saturated heterocycles. The number of benzene rings is 1. The third kappa shape index (κ3) is 5.04. The average Bonchev–Trinajstić information content (AvgIpc) is 2.58. The van der Waals surface area contributed by atoms with Crippen molar-refractivity contribution in [1.29, 1.82) is 0 Å². The summed E-state index contributed by atoms with van der Waals surface area (Å²) in [6.45, 7) is 2.65. The van der Waals surface area contributed by atoms with E-state index in [2.05, 4.69) is 12.2 Å². The number of rotatable bonds is 5. The van der Waals surface area contributed by atoms with E-state index in [1.165, 1.54) is 18.2 Å². The van der Waals surface area contributed by atoms with Crippen LogP contribution >= 0.6 is 0 Å². The lowest BCUT2D eigenvalue weighted by Gasteiger charge is -2.30. The van der Waals surface area contributed by atoms with Crippen molar-refractivity contribution in [3.8, 4) is 0 Å². The fourth-order valence-electron chi connectivity index (χ4n) is 2.59. The Kier molecular flexibility index (Phi) is 6.28. The van der Waals surface area contributed by atoms with Crippen molar-refractivity contribution in [3.05, 3.63) is 35.6 Å². The minimum Gasteiger partial charge on any atom is -0.454 e. The first kappa shape index (κ1) is 17.9. The topological polar surface area (TPSA) is 75.7 Å². The molecule has 1 aromatic carbocycles. The molecule has 0 unspecified atom stereocenters. The van der Waals surface area contributed by atoms with Gasteiger partial charge in [0.15, 0.2) is 6.61 Å². The molecule has 1 aromatic rings. The number of ether oxygens (including phenoxy) is 1. The lowest BCUT2D eigenvalue weighted by Crippen LogP contribution is -2.42. The molecule has 1 atom stereocenters. The third-order valence-corrected chi connectivity index (χ3v) is 3.88. The molecule has 1 heterocycles. The van der Waals surface area contributed by atoms with Crippen LogP contribution in [0, 0.1) is 11.7 Å². The predicted molar refractivity (Wildman–Crippen MR) is 84.7 cm³/mol. The average molecular weight is 336 g/mol. The minimum absolute atomic E-state index is 0.149. The van der Waals surface area contributed by atoms with E-state index in [1.54, 1.807) is 4.90 Å². The van der Waals surface area contributed by atoms with Gasteiger partial charge in [-0.3, -0.25) is 14.4 Å². The summed E-state index contributed by atoms with van der Waals surface area (Å²) in [6, 6.07) is 5.46. The number of nitrogens with one attached hydrogen (secondary N) is 1. The van der Waals surface area contributed by atoms with E-state index >= 15 is 0 Å². The summed E-state index contributed by atoms with van der Waals surface area (Å²) in [4.78, 5) is 37.0. The molecule has 2 amide bonds. The van der Waals surface area contributed by atoms with E-state index in [0.29, 0.717) is 19.0 Å². The molecule has 6 nitrogen and oxygen atoms in total. The summed E-state index contributed by atoms with van der Waals surface area (Å²) in [6.07, 6.45) is 2.03. The zero-order valence-electron chi connectivity index (χ0n) is 13.6. The minimum atomic E-state index is -0.738. The van der Waals surface area contributed by atoms with Crippen LogP contribution in [0.2, 0.25) is 0 Å². The van der Waals surface area contributed by atoms with Crippen molar-refractivity contribution >= 4 is 17.8 Å². The number of esters is 1. The number of hydrogen-bond acceptors (Lipinski definition) is 4. The van der Waals surface area contributed by atoms with Crippen LogP contribution in [0.15, 0.2) is 24.3 Å². The Morgan fingerprint density at radius 3 is 2.79 bits per heavy atom. The Labute approximate surface area is 140 Å². The van der Waals surface area contributed by atoms with E-state index < -0.39 is 24.2 Å². The molecule has 0 bridgehead atoms. The SMILES string of the molecule is C[C@@H]1CCCN(C(=O)COC(=O)CNC(=O)c2ccccc2F)C1. The Bertz CT molecular complexity index is 620. The highest BCUT2D eigenvalue weighted by atomic mass is 19.1. The van der Waals surface area contributed by atoms with Crippen LogP contribution in [0.25, 0.3) is 0 Å². The molecule has 0 aliphatic carbocycles. The van der Waals surface area contributed by atoms with Crippen LogP contribution < -0.4 is 5.32 Å². The summed E-state index contributed by atoms with van der Waals surface area (Å²) < 4.78 is 18.3. The standard InChI is InChI=1S/C17H21FN2O4/c1-12-5-4-8-20(10-12)15(21)11-24-16(22)9-19-17(23)13-6-2-3-7-14(13)18/h2-3,6-7,12H,4-5,8-11H2,1H3,(H,19,23)/t12-/m1/s1. The number of piperidine rings is 1. The van der Waals surface area contributed by atoms with Gasteiger partial charge in [0.1, 0.15) is 12.4 Å². The molecule has 0 spiro atoms. The summed E-state index contributed by atoms with van der Waals surface area (Å²) >= 11 is 0. The van der Waals surface area contributed by atoms with Crippen molar-refractivity contribution in [3.63, 3.8) is 0 Å². The zero-order chi connectivity index (χ0) is 17.5. The van der Waals surface area contributed by atoms with Gasteiger partial charge in [0, 0.05) is 13.1 Å². The van der Waals surface area contributed by atoms with Gasteiger partial charge < -0.3 is 15.0 Å². The van der Waals surface area contributed by atoms with E-state index in [0.717, 1.165) is 18.9 Å². The van der Waals surface area contributed by atoms with Gasteiger partial charge in [-0.05, 0) is 30.9 Å². The highest BCUT2D eigenvalue weighted by Crippen LogP contribution is 2.15. The van der Waals surface area contributed by atoms with Crippen LogP contribution in [0.1, 0.15) is 30.1 Å². The molecular weight excluding hydrogens is 315 g/mol. The second kappa shape index (κ2) is 8.42. The van der Waals surface area contributed by atoms with Gasteiger partial charge in [-0.1, -0.05) is 19.1 Å². The molecule has 0 aromatic heterocycles. The number of likely N-dealkylation sites (tertiary alicyclic amines) is 1. The van der Waals surface area contributed by atoms with Gasteiger partial charge in [-0.15, -0.1) is 0 Å². The molecular formula is C17H21FN2O4. The molecule has 1 aliphatic rings. The maximum Gasteiger partial charge on any atom is 0.325 e. The molecule has 1 N–H and O–H groups in total. The summed E-state index contributed by atoms with van der Waals surface area (Å²) in [7, 11) is 0. The molecule has 0 saturated carbocycles. The molecule has 7 heteroatoms. The Balaban J connectivity index is 1.72. The van der Waals surface area contributed by atoms with Gasteiger partial charge in [0.2, 0.25) is 0 Å². The first-order valence-corrected chi connectivity index (χ1v) is 7.93. The fourth-order valence-corrected chi connectivity index (χ4v) is 2.59. The van der Waals surface area contributed by atoms with E-state index in [-0.39, 0.29) is 18.1 Å². The third-order valence-electron chi connectivity index (χ3n) is 3.88. The van der Waals surface area contributed by atoms with Gasteiger partial charge in [-0.2, -0.15) is 0 Å². The number of halogens is 1. The lowest BCUT2D eigenvalue weighted by atomic mass is 10.0. The molecule has 1 fully saturated rings. The van der Waals surface area contributed by atoms with Crippen molar-refractivity contribution < 1.29 is 23.5 Å². The zero-order valence-corrected chi connectivity index (χ0v) is 13.6. The number of hydrogen-bond donors (Lipinski definition) is 1. The first-order chi connectivity index (χ1) is 11.5. The van der Waals surface area contributed by atoms with Gasteiger partial charge >= 0.3 is 5.97 Å². The molecule has 2 rings (SSSR count). The molecule has 1 aliphatic heterocycles. The number of carbonyl (C=O) groups is 3. The Hall–Kier alpha value is -2.44. The predicted octanol–water partition coefficient (Wildman–Crippen LogP) is 1.36. The Morgan fingerprint density at radius 1 is 1.33 bits per heavy atom. The van der Waals surface area contributed by atoms with E-state index in [4.69, 9.17) is 4.74 Å². The molecule has 24 heavy (non-hydrogen) atoms. The van der Waals surface area contributed by atoms with Crippen LogP contribution in [-0.2, 0) is 14.3 Å². The van der Waals surface area contributed by atoms with Crippen LogP contribution in [0.4, 0.5) is 4.39 Å². The highest BCUT2D eigenvalue weighted by Gasteiger charge is 2.22. The van der Waals surface area contributed by atoms with Crippen LogP contribution in [0.5, 0.6) is 0 Å². The Morgan fingerprint density at radius 2 is 2.08 bits per heavy atom. The highest BCUT2D eigenvalue weighted by molar-refractivity contribution is 5.96.